The molecule has 2 heterocycles. The normalized spacial score (nSPS) is 12.0. The Morgan fingerprint density at radius 2 is 2.24 bits per heavy atom. The zero-order valence-corrected chi connectivity index (χ0v) is 13.8. The molecule has 0 unspecified atom stereocenters. The summed E-state index contributed by atoms with van der Waals surface area (Å²) in [5.74, 6) is -0.366. The maximum Gasteiger partial charge on any atom is 0.314 e. The first-order chi connectivity index (χ1) is 12.1. The number of carbonyl (C=O) groups is 1. The summed E-state index contributed by atoms with van der Waals surface area (Å²) in [6.45, 7) is 2.16. The average molecular weight is 343 g/mol. The highest BCUT2D eigenvalue weighted by molar-refractivity contribution is 5.73. The highest BCUT2D eigenvalue weighted by Crippen LogP contribution is 2.21. The molecule has 2 N–H and O–H groups in total. The lowest BCUT2D eigenvalue weighted by Crippen LogP contribution is -2.32. The number of halogens is 1. The van der Waals surface area contributed by atoms with Crippen LogP contribution in [0.4, 0.5) is 9.18 Å². The van der Waals surface area contributed by atoms with Crippen molar-refractivity contribution in [1.82, 2.24) is 35.4 Å². The molecule has 0 radical (unpaired) electrons. The Balaban J connectivity index is 1.75. The van der Waals surface area contributed by atoms with Gasteiger partial charge < -0.3 is 10.6 Å². The Labute approximate surface area is 143 Å². The highest BCUT2D eigenvalue weighted by Gasteiger charge is 2.14. The summed E-state index contributed by atoms with van der Waals surface area (Å²) >= 11 is 0. The van der Waals surface area contributed by atoms with E-state index in [2.05, 4.69) is 26.0 Å². The second kappa shape index (κ2) is 7.12. The van der Waals surface area contributed by atoms with Crippen LogP contribution in [0.25, 0.3) is 5.69 Å². The van der Waals surface area contributed by atoms with Crippen LogP contribution in [0.2, 0.25) is 0 Å². The molecular weight excluding hydrogens is 325 g/mol. The van der Waals surface area contributed by atoms with Crippen molar-refractivity contribution < 1.29 is 9.18 Å². The molecule has 2 aromatic heterocycles. The molecular formula is C16H18FN7O. The van der Waals surface area contributed by atoms with Gasteiger partial charge in [0, 0.05) is 19.4 Å². The lowest BCUT2D eigenvalue weighted by molar-refractivity contribution is 0.242. The average Bonchev–Trinajstić information content (AvgIpc) is 3.30. The van der Waals surface area contributed by atoms with Crippen molar-refractivity contribution in [2.24, 2.45) is 0 Å². The van der Waals surface area contributed by atoms with Crippen LogP contribution in [-0.2, 0) is 6.54 Å². The third-order valence-corrected chi connectivity index (χ3v) is 3.82. The Morgan fingerprint density at radius 3 is 2.92 bits per heavy atom. The van der Waals surface area contributed by atoms with E-state index >= 15 is 0 Å². The summed E-state index contributed by atoms with van der Waals surface area (Å²) in [7, 11) is 1.54. The molecule has 2 amide bonds. The molecule has 0 saturated carbocycles. The predicted molar refractivity (Wildman–Crippen MR) is 88.7 cm³/mol. The summed E-state index contributed by atoms with van der Waals surface area (Å²) in [5.41, 5.74) is 1.75. The van der Waals surface area contributed by atoms with Crippen LogP contribution < -0.4 is 10.6 Å². The topological polar surface area (TPSA) is 89.7 Å². The fourth-order valence-electron chi connectivity index (χ4n) is 2.38. The molecule has 0 aliphatic carbocycles. The summed E-state index contributed by atoms with van der Waals surface area (Å²) < 4.78 is 17.5. The van der Waals surface area contributed by atoms with Crippen molar-refractivity contribution in [2.45, 2.75) is 19.5 Å². The summed E-state index contributed by atoms with van der Waals surface area (Å²) in [5, 5.41) is 17.2. The largest absolute Gasteiger partial charge is 0.341 e. The van der Waals surface area contributed by atoms with Crippen molar-refractivity contribution in [2.75, 3.05) is 7.05 Å². The van der Waals surface area contributed by atoms with Gasteiger partial charge in [-0.25, -0.2) is 18.5 Å². The Hall–Kier alpha value is -3.23. The molecule has 3 rings (SSSR count). The van der Waals surface area contributed by atoms with E-state index in [0.717, 1.165) is 5.56 Å². The SMILES string of the molecule is CNC(=O)NCc1cn([C@H](C)c2ccc(-n3cccn3)c(F)c2)nn1. The Morgan fingerprint density at radius 1 is 1.40 bits per heavy atom. The van der Waals surface area contributed by atoms with Gasteiger partial charge in [-0.2, -0.15) is 5.10 Å². The van der Waals surface area contributed by atoms with E-state index < -0.39 is 0 Å². The molecule has 8 nitrogen and oxygen atoms in total. The van der Waals surface area contributed by atoms with Crippen molar-refractivity contribution in [3.63, 3.8) is 0 Å². The van der Waals surface area contributed by atoms with Crippen molar-refractivity contribution in [1.29, 1.82) is 0 Å². The minimum atomic E-state index is -0.366. The van der Waals surface area contributed by atoms with Crippen LogP contribution in [0.15, 0.2) is 42.9 Å². The number of urea groups is 1. The number of nitrogens with zero attached hydrogens (tertiary/aromatic N) is 5. The number of nitrogens with one attached hydrogen (secondary N) is 2. The highest BCUT2D eigenvalue weighted by atomic mass is 19.1. The van der Waals surface area contributed by atoms with E-state index in [9.17, 15) is 9.18 Å². The maximum atomic E-state index is 14.4. The van der Waals surface area contributed by atoms with E-state index in [1.807, 2.05) is 13.0 Å². The van der Waals surface area contributed by atoms with Gasteiger partial charge in [0.1, 0.15) is 17.2 Å². The number of benzene rings is 1. The second-order valence-electron chi connectivity index (χ2n) is 5.46. The monoisotopic (exact) mass is 343 g/mol. The van der Waals surface area contributed by atoms with Gasteiger partial charge in [-0.05, 0) is 30.7 Å². The molecule has 0 saturated heterocycles. The van der Waals surface area contributed by atoms with Crippen molar-refractivity contribution >= 4 is 6.03 Å². The molecule has 0 aliphatic rings. The van der Waals surface area contributed by atoms with Gasteiger partial charge in [0.25, 0.3) is 0 Å². The molecule has 3 aromatic rings. The molecule has 0 fully saturated rings. The molecule has 1 aromatic carbocycles. The first-order valence-electron chi connectivity index (χ1n) is 7.74. The van der Waals surface area contributed by atoms with E-state index in [1.165, 1.54) is 17.8 Å². The predicted octanol–water partition coefficient (Wildman–Crippen LogP) is 1.64. The third kappa shape index (κ3) is 3.65. The molecule has 0 bridgehead atoms. The van der Waals surface area contributed by atoms with Crippen LogP contribution in [0.3, 0.4) is 0 Å². The van der Waals surface area contributed by atoms with Crippen LogP contribution in [-0.4, -0.2) is 37.9 Å². The minimum absolute atomic E-state index is 0.206. The zero-order valence-electron chi connectivity index (χ0n) is 13.8. The van der Waals surface area contributed by atoms with Crippen LogP contribution in [0.5, 0.6) is 0 Å². The fourth-order valence-corrected chi connectivity index (χ4v) is 2.38. The lowest BCUT2D eigenvalue weighted by atomic mass is 10.1. The number of rotatable bonds is 5. The number of amides is 2. The van der Waals surface area contributed by atoms with E-state index in [0.29, 0.717) is 11.4 Å². The van der Waals surface area contributed by atoms with Crippen molar-refractivity contribution in [3.8, 4) is 5.69 Å². The van der Waals surface area contributed by atoms with Gasteiger partial charge in [0.05, 0.1) is 18.8 Å². The molecule has 9 heteroatoms. The molecule has 0 spiro atoms. The standard InChI is InChI=1S/C16H18FN7O/c1-11(24-10-13(21-22-24)9-19-16(25)18-2)12-4-5-15(14(17)8-12)23-7-3-6-20-23/h3-8,10-11H,9H2,1-2H3,(H2,18,19,25)/t11-/m1/s1. The fraction of sp³-hybridized carbons (Fsp3) is 0.250. The number of carbonyl (C=O) groups excluding carboxylic acids is 1. The van der Waals surface area contributed by atoms with E-state index in [1.54, 1.807) is 35.4 Å². The number of hydrogen-bond acceptors (Lipinski definition) is 4. The lowest BCUT2D eigenvalue weighted by Gasteiger charge is -2.13. The zero-order chi connectivity index (χ0) is 17.8. The quantitative estimate of drug-likeness (QED) is 0.737. The van der Waals surface area contributed by atoms with Crippen LogP contribution >= 0.6 is 0 Å². The van der Waals surface area contributed by atoms with Gasteiger partial charge in [0.2, 0.25) is 0 Å². The smallest absolute Gasteiger partial charge is 0.314 e. The summed E-state index contributed by atoms with van der Waals surface area (Å²) in [4.78, 5) is 11.2. The van der Waals surface area contributed by atoms with E-state index in [4.69, 9.17) is 0 Å². The second-order valence-corrected chi connectivity index (χ2v) is 5.46. The maximum absolute atomic E-state index is 14.4. The molecule has 130 valence electrons. The van der Waals surface area contributed by atoms with Gasteiger partial charge in [-0.3, -0.25) is 0 Å². The minimum Gasteiger partial charge on any atom is -0.341 e. The van der Waals surface area contributed by atoms with Gasteiger partial charge >= 0.3 is 6.03 Å². The van der Waals surface area contributed by atoms with Gasteiger partial charge in [-0.1, -0.05) is 11.3 Å². The third-order valence-electron chi connectivity index (χ3n) is 3.82. The van der Waals surface area contributed by atoms with Gasteiger partial charge in [-0.15, -0.1) is 5.10 Å². The van der Waals surface area contributed by atoms with Gasteiger partial charge in [0.15, 0.2) is 0 Å². The van der Waals surface area contributed by atoms with Crippen LogP contribution in [0, 0.1) is 5.82 Å². The summed E-state index contributed by atoms with van der Waals surface area (Å²) in [6.07, 6.45) is 5.00. The first kappa shape index (κ1) is 16.6. The number of aromatic nitrogens is 5. The Kier molecular flexibility index (Phi) is 4.73. The van der Waals surface area contributed by atoms with E-state index in [-0.39, 0.29) is 24.4 Å². The molecule has 25 heavy (non-hydrogen) atoms. The van der Waals surface area contributed by atoms with Crippen LogP contribution in [0.1, 0.15) is 24.2 Å². The number of hydrogen-bond donors (Lipinski definition) is 2. The molecule has 1 atom stereocenters. The first-order valence-corrected chi connectivity index (χ1v) is 7.74. The Bertz CT molecular complexity index is 859. The van der Waals surface area contributed by atoms with Crippen molar-refractivity contribution in [3.05, 3.63) is 59.9 Å². The molecule has 0 aliphatic heterocycles. The summed E-state index contributed by atoms with van der Waals surface area (Å²) in [6, 6.07) is 6.21.